The van der Waals surface area contributed by atoms with Gasteiger partial charge in [0.05, 0.1) is 16.6 Å². The van der Waals surface area contributed by atoms with Gasteiger partial charge in [0.15, 0.2) is 0 Å². The lowest BCUT2D eigenvalue weighted by Crippen LogP contribution is -2.45. The topological polar surface area (TPSA) is 43.8 Å². The zero-order chi connectivity index (χ0) is 12.8. The van der Waals surface area contributed by atoms with Crippen LogP contribution in [0.3, 0.4) is 0 Å². The van der Waals surface area contributed by atoms with E-state index in [1.807, 2.05) is 0 Å². The fourth-order valence-corrected chi connectivity index (χ4v) is 2.85. The molecule has 1 aliphatic rings. The summed E-state index contributed by atoms with van der Waals surface area (Å²) in [7, 11) is 0. The third-order valence-corrected chi connectivity index (χ3v) is 4.04. The Morgan fingerprint density at radius 3 is 2.78 bits per heavy atom. The first-order valence-electron chi connectivity index (χ1n) is 6.90. The second-order valence-corrected chi connectivity index (χ2v) is 5.59. The molecule has 1 aliphatic carbocycles. The van der Waals surface area contributed by atoms with Crippen molar-refractivity contribution in [2.24, 2.45) is 5.73 Å². The summed E-state index contributed by atoms with van der Waals surface area (Å²) in [5.41, 5.74) is 9.88. The van der Waals surface area contributed by atoms with E-state index in [-0.39, 0.29) is 5.54 Å². The molecule has 0 saturated heterocycles. The highest BCUT2D eigenvalue weighted by Crippen LogP contribution is 2.39. The molecule has 0 unspecified atom stereocenters. The van der Waals surface area contributed by atoms with E-state index in [4.69, 9.17) is 10.7 Å². The van der Waals surface area contributed by atoms with Crippen molar-refractivity contribution in [3.63, 3.8) is 0 Å². The summed E-state index contributed by atoms with van der Waals surface area (Å²) in [6.07, 6.45) is 4.48. The van der Waals surface area contributed by atoms with Crippen LogP contribution in [0.15, 0.2) is 18.2 Å². The van der Waals surface area contributed by atoms with E-state index < -0.39 is 0 Å². The van der Waals surface area contributed by atoms with Crippen molar-refractivity contribution in [3.05, 3.63) is 29.6 Å². The molecule has 1 saturated carbocycles. The molecule has 1 heterocycles. The van der Waals surface area contributed by atoms with Gasteiger partial charge in [0.1, 0.15) is 5.82 Å². The van der Waals surface area contributed by atoms with Crippen molar-refractivity contribution in [2.45, 2.75) is 51.6 Å². The fourth-order valence-electron chi connectivity index (χ4n) is 2.85. The van der Waals surface area contributed by atoms with Gasteiger partial charge in [0.25, 0.3) is 0 Å². The van der Waals surface area contributed by atoms with Crippen LogP contribution in [0.2, 0.25) is 0 Å². The molecule has 1 fully saturated rings. The van der Waals surface area contributed by atoms with E-state index in [0.29, 0.717) is 0 Å². The zero-order valence-corrected chi connectivity index (χ0v) is 11.2. The lowest BCUT2D eigenvalue weighted by molar-refractivity contribution is 0.231. The van der Waals surface area contributed by atoms with Gasteiger partial charge in [-0.2, -0.15) is 0 Å². The number of benzene rings is 1. The molecule has 0 aliphatic heterocycles. The summed E-state index contributed by atoms with van der Waals surface area (Å²) in [5, 5.41) is 0. The van der Waals surface area contributed by atoms with Crippen LogP contribution in [0.5, 0.6) is 0 Å². The largest absolute Gasteiger partial charge is 0.326 e. The molecular formula is C15H21N3. The Bertz CT molecular complexity index is 579. The Hall–Kier alpha value is -1.35. The summed E-state index contributed by atoms with van der Waals surface area (Å²) in [4.78, 5) is 4.82. The number of nitrogens with zero attached hydrogens (tertiary/aromatic N) is 2. The number of rotatable bonds is 3. The van der Waals surface area contributed by atoms with Crippen molar-refractivity contribution in [1.29, 1.82) is 0 Å². The van der Waals surface area contributed by atoms with Gasteiger partial charge in [-0.15, -0.1) is 0 Å². The highest BCUT2D eigenvalue weighted by atomic mass is 15.1. The molecule has 2 aromatic rings. The average Bonchev–Trinajstić information content (AvgIpc) is 2.65. The Morgan fingerprint density at radius 2 is 2.17 bits per heavy atom. The minimum Gasteiger partial charge on any atom is -0.326 e. The van der Waals surface area contributed by atoms with Crippen LogP contribution >= 0.6 is 0 Å². The summed E-state index contributed by atoms with van der Waals surface area (Å²) in [6.45, 7) is 5.32. The van der Waals surface area contributed by atoms with Gasteiger partial charge >= 0.3 is 0 Å². The number of hydrogen-bond donors (Lipinski definition) is 1. The standard InChI is InChI=1S/C15H21N3/c1-3-9-18-13-6-5-11(2)10-12(13)17-14(18)15(16)7-4-8-15/h5-6,10H,3-4,7-9,16H2,1-2H3. The lowest BCUT2D eigenvalue weighted by atomic mass is 9.77. The zero-order valence-electron chi connectivity index (χ0n) is 11.2. The quantitative estimate of drug-likeness (QED) is 0.900. The van der Waals surface area contributed by atoms with Crippen molar-refractivity contribution in [2.75, 3.05) is 0 Å². The average molecular weight is 243 g/mol. The van der Waals surface area contributed by atoms with Gasteiger partial charge in [0, 0.05) is 6.54 Å². The number of aryl methyl sites for hydroxylation is 2. The molecule has 2 N–H and O–H groups in total. The predicted octanol–water partition coefficient (Wildman–Crippen LogP) is 3.09. The Balaban J connectivity index is 2.20. The molecular weight excluding hydrogens is 222 g/mol. The summed E-state index contributed by atoms with van der Waals surface area (Å²) in [6, 6.07) is 6.50. The maximum Gasteiger partial charge on any atom is 0.130 e. The third-order valence-electron chi connectivity index (χ3n) is 4.04. The minimum absolute atomic E-state index is 0.178. The van der Waals surface area contributed by atoms with Crippen molar-refractivity contribution in [3.8, 4) is 0 Å². The highest BCUT2D eigenvalue weighted by Gasteiger charge is 2.38. The van der Waals surface area contributed by atoms with E-state index in [0.717, 1.165) is 37.1 Å². The first-order valence-corrected chi connectivity index (χ1v) is 6.90. The molecule has 0 spiro atoms. The van der Waals surface area contributed by atoms with Crippen LogP contribution in [0.4, 0.5) is 0 Å². The monoisotopic (exact) mass is 243 g/mol. The van der Waals surface area contributed by atoms with E-state index in [9.17, 15) is 0 Å². The smallest absolute Gasteiger partial charge is 0.130 e. The van der Waals surface area contributed by atoms with Crippen LogP contribution in [0.1, 0.15) is 44.0 Å². The van der Waals surface area contributed by atoms with Crippen LogP contribution < -0.4 is 5.73 Å². The molecule has 3 nitrogen and oxygen atoms in total. The number of fused-ring (bicyclic) bond motifs is 1. The molecule has 3 rings (SSSR count). The van der Waals surface area contributed by atoms with Crippen LogP contribution in [0.25, 0.3) is 11.0 Å². The van der Waals surface area contributed by atoms with Gasteiger partial charge in [0.2, 0.25) is 0 Å². The summed E-state index contributed by atoms with van der Waals surface area (Å²) in [5.74, 6) is 1.09. The maximum absolute atomic E-state index is 6.47. The van der Waals surface area contributed by atoms with E-state index >= 15 is 0 Å². The molecule has 1 aromatic carbocycles. The first-order chi connectivity index (χ1) is 8.64. The van der Waals surface area contributed by atoms with Gasteiger partial charge < -0.3 is 10.3 Å². The molecule has 0 amide bonds. The van der Waals surface area contributed by atoms with Gasteiger partial charge in [-0.05, 0) is 50.3 Å². The van der Waals surface area contributed by atoms with Crippen LogP contribution in [0, 0.1) is 6.92 Å². The van der Waals surface area contributed by atoms with Gasteiger partial charge in [-0.1, -0.05) is 13.0 Å². The SMILES string of the molecule is CCCn1c(C2(N)CCC2)nc2cc(C)ccc21. The Morgan fingerprint density at radius 1 is 1.39 bits per heavy atom. The fraction of sp³-hybridized carbons (Fsp3) is 0.533. The second-order valence-electron chi connectivity index (χ2n) is 5.59. The normalized spacial score (nSPS) is 17.9. The number of aromatic nitrogens is 2. The van der Waals surface area contributed by atoms with Crippen LogP contribution in [-0.2, 0) is 12.1 Å². The summed E-state index contributed by atoms with van der Waals surface area (Å²) >= 11 is 0. The van der Waals surface area contributed by atoms with Gasteiger partial charge in [-0.25, -0.2) is 4.98 Å². The number of hydrogen-bond acceptors (Lipinski definition) is 2. The molecule has 3 heteroatoms. The van der Waals surface area contributed by atoms with Crippen LogP contribution in [-0.4, -0.2) is 9.55 Å². The minimum atomic E-state index is -0.178. The van der Waals surface area contributed by atoms with Crippen molar-refractivity contribution < 1.29 is 0 Å². The van der Waals surface area contributed by atoms with Crippen molar-refractivity contribution >= 4 is 11.0 Å². The molecule has 0 bridgehead atoms. The number of imidazole rings is 1. The first kappa shape index (κ1) is 11.7. The Kier molecular flexibility index (Phi) is 2.67. The molecule has 1 aromatic heterocycles. The maximum atomic E-state index is 6.47. The molecule has 96 valence electrons. The Labute approximate surface area is 108 Å². The van der Waals surface area contributed by atoms with E-state index in [1.165, 1.54) is 17.5 Å². The molecule has 0 atom stereocenters. The van der Waals surface area contributed by atoms with E-state index in [1.54, 1.807) is 0 Å². The summed E-state index contributed by atoms with van der Waals surface area (Å²) < 4.78 is 2.33. The van der Waals surface area contributed by atoms with Gasteiger partial charge in [-0.3, -0.25) is 0 Å². The highest BCUT2D eigenvalue weighted by molar-refractivity contribution is 5.77. The third kappa shape index (κ3) is 1.65. The van der Waals surface area contributed by atoms with Crippen molar-refractivity contribution in [1.82, 2.24) is 9.55 Å². The van der Waals surface area contributed by atoms with E-state index in [2.05, 4.69) is 36.6 Å². The number of nitrogens with two attached hydrogens (primary N) is 1. The molecule has 0 radical (unpaired) electrons. The predicted molar refractivity (Wildman–Crippen MR) is 74.5 cm³/mol. The molecule has 18 heavy (non-hydrogen) atoms. The lowest BCUT2D eigenvalue weighted by Gasteiger charge is -2.37. The second kappa shape index (κ2) is 4.09.